The fraction of sp³-hybridized carbons (Fsp3) is 0.889. The number of hydrogen-bond donors (Lipinski definition) is 2. The van der Waals surface area contributed by atoms with E-state index in [4.69, 9.17) is 10.5 Å². The first-order chi connectivity index (χ1) is 6.75. The molecular formula is C9H17N3O2. The molecule has 0 aromatic carbocycles. The van der Waals surface area contributed by atoms with Gasteiger partial charge in [-0.2, -0.15) is 0 Å². The van der Waals surface area contributed by atoms with E-state index in [0.29, 0.717) is 13.2 Å². The third-order valence-corrected chi connectivity index (χ3v) is 2.77. The van der Waals surface area contributed by atoms with Crippen LogP contribution in [-0.2, 0) is 4.74 Å². The molecule has 0 spiro atoms. The normalized spacial score (nSPS) is 32.2. The number of amides is 2. The number of likely N-dealkylation sites (tertiary alicyclic amines) is 1. The maximum absolute atomic E-state index is 11.7. The second-order valence-electron chi connectivity index (χ2n) is 4.00. The van der Waals surface area contributed by atoms with E-state index < -0.39 is 0 Å². The predicted octanol–water partition coefficient (Wildman–Crippen LogP) is -0.482. The van der Waals surface area contributed by atoms with E-state index in [0.717, 1.165) is 26.0 Å². The summed E-state index contributed by atoms with van der Waals surface area (Å²) in [5.74, 6) is 0. The average molecular weight is 199 g/mol. The Balaban J connectivity index is 1.77. The highest BCUT2D eigenvalue weighted by Crippen LogP contribution is 2.09. The lowest BCUT2D eigenvalue weighted by atomic mass is 10.3. The van der Waals surface area contributed by atoms with Gasteiger partial charge in [0, 0.05) is 25.7 Å². The number of nitrogens with one attached hydrogen (secondary N) is 1. The summed E-state index contributed by atoms with van der Waals surface area (Å²) in [4.78, 5) is 13.4. The lowest BCUT2D eigenvalue weighted by Gasteiger charge is -2.19. The van der Waals surface area contributed by atoms with Crippen LogP contribution in [0.1, 0.15) is 12.8 Å². The van der Waals surface area contributed by atoms with Crippen LogP contribution in [-0.4, -0.2) is 49.3 Å². The number of carbonyl (C=O) groups is 1. The first-order valence-corrected chi connectivity index (χ1v) is 5.14. The number of ether oxygens (including phenoxy) is 1. The van der Waals surface area contributed by atoms with Crippen molar-refractivity contribution in [3.8, 4) is 0 Å². The zero-order valence-corrected chi connectivity index (χ0v) is 8.24. The zero-order valence-electron chi connectivity index (χ0n) is 8.24. The fourth-order valence-electron chi connectivity index (χ4n) is 1.89. The summed E-state index contributed by atoms with van der Waals surface area (Å²) in [6.45, 7) is 2.86. The number of rotatable bonds is 1. The first-order valence-electron chi connectivity index (χ1n) is 5.14. The Bertz CT molecular complexity index is 216. The van der Waals surface area contributed by atoms with Gasteiger partial charge in [0.25, 0.3) is 0 Å². The van der Waals surface area contributed by atoms with E-state index in [1.54, 1.807) is 4.90 Å². The van der Waals surface area contributed by atoms with Crippen LogP contribution >= 0.6 is 0 Å². The molecule has 2 heterocycles. The van der Waals surface area contributed by atoms with Crippen LogP contribution in [0.15, 0.2) is 0 Å². The first kappa shape index (κ1) is 9.73. The third kappa shape index (κ3) is 2.16. The molecule has 1 unspecified atom stereocenters. The van der Waals surface area contributed by atoms with Gasteiger partial charge >= 0.3 is 6.03 Å². The Labute approximate surface area is 83.6 Å². The molecule has 0 saturated carbocycles. The Hall–Kier alpha value is -0.810. The molecule has 2 atom stereocenters. The van der Waals surface area contributed by atoms with Crippen LogP contribution in [0.25, 0.3) is 0 Å². The van der Waals surface area contributed by atoms with Crippen molar-refractivity contribution in [2.75, 3.05) is 26.3 Å². The second kappa shape index (κ2) is 4.14. The van der Waals surface area contributed by atoms with Crippen LogP contribution in [0.3, 0.4) is 0 Å². The summed E-state index contributed by atoms with van der Waals surface area (Å²) in [6.07, 6.45) is 1.83. The number of urea groups is 1. The number of carbonyl (C=O) groups excluding carboxylic acids is 1. The van der Waals surface area contributed by atoms with Crippen molar-refractivity contribution >= 4 is 6.03 Å². The van der Waals surface area contributed by atoms with Crippen molar-refractivity contribution in [3.63, 3.8) is 0 Å². The van der Waals surface area contributed by atoms with E-state index in [-0.39, 0.29) is 18.1 Å². The number of nitrogens with two attached hydrogens (primary N) is 1. The molecule has 2 fully saturated rings. The highest BCUT2D eigenvalue weighted by atomic mass is 16.5. The molecule has 2 rings (SSSR count). The highest BCUT2D eigenvalue weighted by molar-refractivity contribution is 5.74. The molecule has 2 aliphatic rings. The quantitative estimate of drug-likeness (QED) is 0.599. The lowest BCUT2D eigenvalue weighted by molar-refractivity contribution is 0.182. The van der Waals surface area contributed by atoms with Gasteiger partial charge in [0.05, 0.1) is 12.6 Å². The molecule has 80 valence electrons. The molecule has 5 nitrogen and oxygen atoms in total. The van der Waals surface area contributed by atoms with Gasteiger partial charge in [-0.1, -0.05) is 0 Å². The molecular weight excluding hydrogens is 182 g/mol. The van der Waals surface area contributed by atoms with E-state index >= 15 is 0 Å². The van der Waals surface area contributed by atoms with E-state index in [1.807, 2.05) is 0 Å². The molecule has 2 saturated heterocycles. The smallest absolute Gasteiger partial charge is 0.317 e. The standard InChI is InChI=1S/C9H17N3O2/c10-7-1-3-12(5-7)9(13)11-8-2-4-14-6-8/h7-8H,1-6,10H2,(H,11,13)/t7-,8?/m0/s1. The van der Waals surface area contributed by atoms with Gasteiger partial charge in [-0.15, -0.1) is 0 Å². The molecule has 0 aromatic rings. The molecule has 0 radical (unpaired) electrons. The fourth-order valence-corrected chi connectivity index (χ4v) is 1.89. The van der Waals surface area contributed by atoms with Crippen molar-refractivity contribution in [2.24, 2.45) is 5.73 Å². The van der Waals surface area contributed by atoms with Gasteiger partial charge in [-0.3, -0.25) is 0 Å². The predicted molar refractivity (Wildman–Crippen MR) is 51.9 cm³/mol. The van der Waals surface area contributed by atoms with E-state index in [2.05, 4.69) is 5.32 Å². The average Bonchev–Trinajstić information content (AvgIpc) is 2.75. The Kier molecular flexibility index (Phi) is 2.88. The minimum atomic E-state index is 0.00782. The van der Waals surface area contributed by atoms with Gasteiger partial charge in [-0.25, -0.2) is 4.79 Å². The third-order valence-electron chi connectivity index (χ3n) is 2.77. The van der Waals surface area contributed by atoms with Crippen molar-refractivity contribution in [3.05, 3.63) is 0 Å². The Morgan fingerprint density at radius 2 is 2.36 bits per heavy atom. The van der Waals surface area contributed by atoms with Crippen LogP contribution in [0, 0.1) is 0 Å². The van der Waals surface area contributed by atoms with Crippen LogP contribution in [0.2, 0.25) is 0 Å². The molecule has 0 bridgehead atoms. The number of nitrogens with zero attached hydrogens (tertiary/aromatic N) is 1. The van der Waals surface area contributed by atoms with Crippen molar-refractivity contribution in [1.82, 2.24) is 10.2 Å². The minimum Gasteiger partial charge on any atom is -0.379 e. The van der Waals surface area contributed by atoms with Crippen molar-refractivity contribution < 1.29 is 9.53 Å². The largest absolute Gasteiger partial charge is 0.379 e. The van der Waals surface area contributed by atoms with Crippen LogP contribution < -0.4 is 11.1 Å². The van der Waals surface area contributed by atoms with Gasteiger partial charge in [0.1, 0.15) is 0 Å². The van der Waals surface area contributed by atoms with Gasteiger partial charge in [0.2, 0.25) is 0 Å². The van der Waals surface area contributed by atoms with E-state index in [1.165, 1.54) is 0 Å². The number of hydrogen-bond acceptors (Lipinski definition) is 3. The SMILES string of the molecule is N[C@H]1CCN(C(=O)NC2CCOC2)C1. The summed E-state index contributed by atoms with van der Waals surface area (Å²) < 4.78 is 5.18. The lowest BCUT2D eigenvalue weighted by Crippen LogP contribution is -2.44. The Morgan fingerprint density at radius 1 is 1.50 bits per heavy atom. The summed E-state index contributed by atoms with van der Waals surface area (Å²) in [5.41, 5.74) is 5.72. The maximum Gasteiger partial charge on any atom is 0.317 e. The highest BCUT2D eigenvalue weighted by Gasteiger charge is 2.26. The summed E-state index contributed by atoms with van der Waals surface area (Å²) >= 11 is 0. The molecule has 0 aliphatic carbocycles. The maximum atomic E-state index is 11.7. The summed E-state index contributed by atoms with van der Waals surface area (Å²) in [6, 6.07) is 0.355. The van der Waals surface area contributed by atoms with Crippen LogP contribution in [0.4, 0.5) is 4.79 Å². The molecule has 0 aromatic heterocycles. The zero-order chi connectivity index (χ0) is 9.97. The molecule has 14 heavy (non-hydrogen) atoms. The monoisotopic (exact) mass is 199 g/mol. The van der Waals surface area contributed by atoms with Crippen molar-refractivity contribution in [1.29, 1.82) is 0 Å². The van der Waals surface area contributed by atoms with Gasteiger partial charge in [-0.05, 0) is 12.8 Å². The molecule has 2 aliphatic heterocycles. The molecule has 5 heteroatoms. The minimum absolute atomic E-state index is 0.00782. The summed E-state index contributed by atoms with van der Waals surface area (Å²) in [5, 5.41) is 2.95. The van der Waals surface area contributed by atoms with E-state index in [9.17, 15) is 4.79 Å². The summed E-state index contributed by atoms with van der Waals surface area (Å²) in [7, 11) is 0. The second-order valence-corrected chi connectivity index (χ2v) is 4.00. The molecule has 2 amide bonds. The van der Waals surface area contributed by atoms with Gasteiger partial charge in [0.15, 0.2) is 0 Å². The molecule has 3 N–H and O–H groups in total. The van der Waals surface area contributed by atoms with Gasteiger partial charge < -0.3 is 20.7 Å². The van der Waals surface area contributed by atoms with Crippen LogP contribution in [0.5, 0.6) is 0 Å². The van der Waals surface area contributed by atoms with Crippen molar-refractivity contribution in [2.45, 2.75) is 24.9 Å². The Morgan fingerprint density at radius 3 is 2.93 bits per heavy atom. The topological polar surface area (TPSA) is 67.6 Å².